The van der Waals surface area contributed by atoms with Crippen LogP contribution in [0.25, 0.3) is 0 Å². The van der Waals surface area contributed by atoms with E-state index >= 15 is 0 Å². The molecule has 0 bridgehead atoms. The Hall–Kier alpha value is -2.31. The van der Waals surface area contributed by atoms with Crippen LogP contribution in [0.5, 0.6) is 0 Å². The predicted molar refractivity (Wildman–Crippen MR) is 72.1 cm³/mol. The number of rotatable bonds is 7. The van der Waals surface area contributed by atoms with Gasteiger partial charge < -0.3 is 20.9 Å². The molecule has 0 fully saturated rings. The maximum atomic E-state index is 13.5. The summed E-state index contributed by atoms with van der Waals surface area (Å²) in [6.45, 7) is 2.46. The molecule has 0 spiro atoms. The van der Waals surface area contributed by atoms with Gasteiger partial charge in [0.05, 0.1) is 23.5 Å². The fraction of sp³-hybridized carbons (Fsp3) is 0.385. The molecular weight excluding hydrogens is 267 g/mol. The van der Waals surface area contributed by atoms with Crippen LogP contribution in [-0.2, 0) is 9.53 Å². The van der Waals surface area contributed by atoms with Gasteiger partial charge in [-0.2, -0.15) is 0 Å². The van der Waals surface area contributed by atoms with Gasteiger partial charge in [-0.3, -0.25) is 4.79 Å². The number of nitrogens with one attached hydrogen (secondary N) is 1. The number of benzene rings is 1. The summed E-state index contributed by atoms with van der Waals surface area (Å²) >= 11 is 0. The van der Waals surface area contributed by atoms with Gasteiger partial charge in [-0.1, -0.05) is 0 Å². The number of hydrogen-bond donors (Lipinski definition) is 3. The van der Waals surface area contributed by atoms with Crippen molar-refractivity contribution in [3.05, 3.63) is 23.5 Å². The Bertz CT molecular complexity index is 505. The molecule has 0 heterocycles. The normalized spacial score (nSPS) is 10.1. The molecule has 1 aromatic rings. The molecular formula is C13H17FN2O4. The van der Waals surface area contributed by atoms with Crippen LogP contribution >= 0.6 is 0 Å². The molecule has 7 heteroatoms. The average Bonchev–Trinajstić information content (AvgIpc) is 2.38. The largest absolute Gasteiger partial charge is 0.478 e. The molecule has 0 aliphatic carbocycles. The molecule has 0 saturated carbocycles. The fourth-order valence-corrected chi connectivity index (χ4v) is 1.60. The summed E-state index contributed by atoms with van der Waals surface area (Å²) in [6.07, 6.45) is 0.747. The average molecular weight is 284 g/mol. The Morgan fingerprint density at radius 1 is 1.45 bits per heavy atom. The Kier molecular flexibility index (Phi) is 5.76. The van der Waals surface area contributed by atoms with Gasteiger partial charge in [0.25, 0.3) is 0 Å². The first-order chi connectivity index (χ1) is 9.45. The third kappa shape index (κ3) is 4.42. The lowest BCUT2D eigenvalue weighted by atomic mass is 10.1. The number of anilines is 2. The van der Waals surface area contributed by atoms with Gasteiger partial charge in [0.1, 0.15) is 5.82 Å². The monoisotopic (exact) mass is 284 g/mol. The summed E-state index contributed by atoms with van der Waals surface area (Å²) in [7, 11) is 0. The maximum Gasteiger partial charge on any atom is 0.338 e. The van der Waals surface area contributed by atoms with Crippen molar-refractivity contribution in [2.45, 2.75) is 19.8 Å². The zero-order valence-electron chi connectivity index (χ0n) is 11.1. The van der Waals surface area contributed by atoms with Crippen molar-refractivity contribution in [3.63, 3.8) is 0 Å². The number of ether oxygens (including phenoxy) is 1. The van der Waals surface area contributed by atoms with E-state index in [-0.39, 0.29) is 18.1 Å². The number of halogens is 1. The smallest absolute Gasteiger partial charge is 0.338 e. The summed E-state index contributed by atoms with van der Waals surface area (Å²) in [5.41, 5.74) is 5.60. The van der Waals surface area contributed by atoms with Crippen LogP contribution in [0.4, 0.5) is 15.8 Å². The first-order valence-corrected chi connectivity index (χ1v) is 6.17. The van der Waals surface area contributed by atoms with Gasteiger partial charge in [0.2, 0.25) is 0 Å². The first kappa shape index (κ1) is 15.7. The number of carbonyl (C=O) groups excluding carboxylic acids is 1. The summed E-state index contributed by atoms with van der Waals surface area (Å²) in [4.78, 5) is 21.8. The molecule has 6 nitrogen and oxygen atoms in total. The predicted octanol–water partition coefficient (Wildman–Crippen LogP) is 1.86. The van der Waals surface area contributed by atoms with E-state index in [0.717, 1.165) is 12.1 Å². The van der Waals surface area contributed by atoms with Crippen LogP contribution in [-0.4, -0.2) is 30.2 Å². The summed E-state index contributed by atoms with van der Waals surface area (Å²) in [5.74, 6) is -2.53. The summed E-state index contributed by atoms with van der Waals surface area (Å²) in [5, 5.41) is 11.6. The van der Waals surface area contributed by atoms with E-state index in [4.69, 9.17) is 15.6 Å². The van der Waals surface area contributed by atoms with Crippen molar-refractivity contribution in [2.24, 2.45) is 0 Å². The van der Waals surface area contributed by atoms with Gasteiger partial charge in [-0.05, 0) is 25.5 Å². The molecule has 4 N–H and O–H groups in total. The lowest BCUT2D eigenvalue weighted by Crippen LogP contribution is -2.10. The number of carboxylic acids is 1. The second-order valence-electron chi connectivity index (χ2n) is 4.06. The molecule has 0 aliphatic heterocycles. The number of nitrogens with two attached hydrogens (primary N) is 1. The molecule has 110 valence electrons. The Labute approximate surface area is 115 Å². The molecule has 0 aliphatic rings. The first-order valence-electron chi connectivity index (χ1n) is 6.17. The van der Waals surface area contributed by atoms with Gasteiger partial charge in [0.15, 0.2) is 0 Å². The summed E-state index contributed by atoms with van der Waals surface area (Å²) in [6, 6.07) is 2.09. The van der Waals surface area contributed by atoms with Crippen molar-refractivity contribution < 1.29 is 23.8 Å². The second kappa shape index (κ2) is 7.32. The highest BCUT2D eigenvalue weighted by molar-refractivity contribution is 5.90. The minimum Gasteiger partial charge on any atom is -0.478 e. The SMILES string of the molecule is CCOC(=O)CCCNc1cc(F)c(C(=O)O)cc1N. The van der Waals surface area contributed by atoms with Crippen molar-refractivity contribution in [1.82, 2.24) is 0 Å². The Balaban J connectivity index is 2.55. The highest BCUT2D eigenvalue weighted by Gasteiger charge is 2.13. The van der Waals surface area contributed by atoms with E-state index in [1.54, 1.807) is 6.92 Å². The third-order valence-corrected chi connectivity index (χ3v) is 2.55. The summed E-state index contributed by atoms with van der Waals surface area (Å²) < 4.78 is 18.2. The standard InChI is InChI=1S/C13H17FN2O4/c1-2-20-12(17)4-3-5-16-11-7-9(14)8(13(18)19)6-10(11)15/h6-7,16H,2-5,15H2,1H3,(H,18,19). The molecule has 20 heavy (non-hydrogen) atoms. The molecule has 0 radical (unpaired) electrons. The molecule has 0 saturated heterocycles. The minimum atomic E-state index is -1.37. The van der Waals surface area contributed by atoms with E-state index < -0.39 is 17.3 Å². The topological polar surface area (TPSA) is 102 Å². The Morgan fingerprint density at radius 2 is 2.15 bits per heavy atom. The zero-order valence-corrected chi connectivity index (χ0v) is 11.1. The van der Waals surface area contributed by atoms with E-state index in [1.807, 2.05) is 0 Å². The van der Waals surface area contributed by atoms with E-state index in [2.05, 4.69) is 5.32 Å². The Morgan fingerprint density at radius 3 is 2.75 bits per heavy atom. The second-order valence-corrected chi connectivity index (χ2v) is 4.06. The maximum absolute atomic E-state index is 13.5. The van der Waals surface area contributed by atoms with E-state index in [9.17, 15) is 14.0 Å². The quantitative estimate of drug-likeness (QED) is 0.401. The van der Waals surface area contributed by atoms with E-state index in [0.29, 0.717) is 25.3 Å². The molecule has 1 rings (SSSR count). The van der Waals surface area contributed by atoms with Crippen LogP contribution in [0.1, 0.15) is 30.1 Å². The van der Waals surface area contributed by atoms with Crippen molar-refractivity contribution in [2.75, 3.05) is 24.2 Å². The van der Waals surface area contributed by atoms with E-state index in [1.165, 1.54) is 0 Å². The third-order valence-electron chi connectivity index (χ3n) is 2.55. The van der Waals surface area contributed by atoms with Gasteiger partial charge in [-0.15, -0.1) is 0 Å². The molecule has 0 aromatic heterocycles. The number of carboxylic acid groups (broad SMARTS) is 1. The molecule has 1 aromatic carbocycles. The molecule has 0 atom stereocenters. The zero-order chi connectivity index (χ0) is 15.1. The van der Waals surface area contributed by atoms with Crippen molar-refractivity contribution in [1.29, 1.82) is 0 Å². The number of carbonyl (C=O) groups is 2. The van der Waals surface area contributed by atoms with Gasteiger partial charge in [0, 0.05) is 13.0 Å². The van der Waals surface area contributed by atoms with Crippen LogP contribution in [0.15, 0.2) is 12.1 Å². The molecule has 0 unspecified atom stereocenters. The number of hydrogen-bond acceptors (Lipinski definition) is 5. The fourth-order valence-electron chi connectivity index (χ4n) is 1.60. The van der Waals surface area contributed by atoms with Gasteiger partial charge >= 0.3 is 11.9 Å². The van der Waals surface area contributed by atoms with Gasteiger partial charge in [-0.25, -0.2) is 9.18 Å². The van der Waals surface area contributed by atoms with Crippen molar-refractivity contribution >= 4 is 23.3 Å². The number of esters is 1. The highest BCUT2D eigenvalue weighted by Crippen LogP contribution is 2.23. The number of nitrogen functional groups attached to an aromatic ring is 1. The highest BCUT2D eigenvalue weighted by atomic mass is 19.1. The van der Waals surface area contributed by atoms with Crippen molar-refractivity contribution in [3.8, 4) is 0 Å². The van der Waals surface area contributed by atoms with Crippen LogP contribution in [0.3, 0.4) is 0 Å². The number of aromatic carboxylic acids is 1. The van der Waals surface area contributed by atoms with Crippen LogP contribution in [0.2, 0.25) is 0 Å². The minimum absolute atomic E-state index is 0.139. The molecule has 0 amide bonds. The lowest BCUT2D eigenvalue weighted by molar-refractivity contribution is -0.143. The van der Waals surface area contributed by atoms with Crippen LogP contribution in [0, 0.1) is 5.82 Å². The lowest BCUT2D eigenvalue weighted by Gasteiger charge is -2.10. The van der Waals surface area contributed by atoms with Crippen LogP contribution < -0.4 is 11.1 Å².